The van der Waals surface area contributed by atoms with Gasteiger partial charge in [0.25, 0.3) is 10.0 Å². The van der Waals surface area contributed by atoms with Gasteiger partial charge in [0.1, 0.15) is 24.2 Å². The minimum Gasteiger partial charge on any atom is -0.497 e. The summed E-state index contributed by atoms with van der Waals surface area (Å²) >= 11 is 0. The third-order valence-corrected chi connectivity index (χ3v) is 7.95. The number of anilines is 1. The summed E-state index contributed by atoms with van der Waals surface area (Å²) < 4.78 is 47.2. The quantitative estimate of drug-likeness (QED) is 0.378. The van der Waals surface area contributed by atoms with E-state index in [0.29, 0.717) is 18.6 Å². The normalized spacial score (nSPS) is 11.9. The lowest BCUT2D eigenvalue weighted by Crippen LogP contribution is -2.52. The van der Waals surface area contributed by atoms with E-state index in [9.17, 15) is 22.4 Å². The number of hydrogen-bond donors (Lipinski definition) is 1. The smallest absolute Gasteiger partial charge is 0.264 e. The van der Waals surface area contributed by atoms with Gasteiger partial charge in [0.05, 0.1) is 17.7 Å². The monoisotopic (exact) mass is 541 g/mol. The number of rotatable bonds is 12. The zero-order valence-electron chi connectivity index (χ0n) is 21.6. The molecule has 1 atom stereocenters. The summed E-state index contributed by atoms with van der Waals surface area (Å²) in [6.07, 6.45) is 0.809. The van der Waals surface area contributed by atoms with Gasteiger partial charge in [-0.1, -0.05) is 37.3 Å². The number of amides is 2. The zero-order valence-corrected chi connectivity index (χ0v) is 22.4. The van der Waals surface area contributed by atoms with E-state index < -0.39 is 34.3 Å². The molecular weight excluding hydrogens is 509 g/mol. The molecule has 0 saturated heterocycles. The number of likely N-dealkylation sites (N-methyl/N-ethyl adjacent to an activating group) is 1. The third kappa shape index (κ3) is 6.89. The molecule has 0 aliphatic carbocycles. The Morgan fingerprint density at radius 2 is 1.61 bits per heavy atom. The number of sulfonamides is 1. The first kappa shape index (κ1) is 28.6. The van der Waals surface area contributed by atoms with E-state index in [0.717, 1.165) is 22.0 Å². The number of halogens is 1. The van der Waals surface area contributed by atoms with Crippen molar-refractivity contribution in [1.82, 2.24) is 10.2 Å². The van der Waals surface area contributed by atoms with Crippen LogP contribution in [0.2, 0.25) is 0 Å². The van der Waals surface area contributed by atoms with Crippen LogP contribution in [0.3, 0.4) is 0 Å². The Bertz CT molecular complexity index is 1320. The van der Waals surface area contributed by atoms with E-state index in [2.05, 4.69) is 5.32 Å². The van der Waals surface area contributed by atoms with Gasteiger partial charge in [-0.15, -0.1) is 0 Å². The van der Waals surface area contributed by atoms with Gasteiger partial charge >= 0.3 is 0 Å². The van der Waals surface area contributed by atoms with Crippen molar-refractivity contribution in [2.45, 2.75) is 30.7 Å². The van der Waals surface area contributed by atoms with E-state index >= 15 is 0 Å². The fourth-order valence-corrected chi connectivity index (χ4v) is 5.49. The molecule has 3 aromatic rings. The van der Waals surface area contributed by atoms with Gasteiger partial charge in [-0.25, -0.2) is 12.8 Å². The minimum atomic E-state index is -4.24. The van der Waals surface area contributed by atoms with Crippen LogP contribution < -0.4 is 14.4 Å². The molecule has 10 heteroatoms. The highest BCUT2D eigenvalue weighted by Crippen LogP contribution is 2.26. The Kier molecular flexibility index (Phi) is 9.84. The number of hydrogen-bond acceptors (Lipinski definition) is 5. The number of carbonyl (C=O) groups excluding carboxylic acids is 2. The summed E-state index contributed by atoms with van der Waals surface area (Å²) in [5.41, 5.74) is 1.09. The predicted octanol–water partition coefficient (Wildman–Crippen LogP) is 3.63. The molecular formula is C28H32FN3O5S. The molecule has 3 aromatic carbocycles. The highest BCUT2D eigenvalue weighted by molar-refractivity contribution is 7.92. The number of nitrogens with zero attached hydrogens (tertiary/aromatic N) is 2. The van der Waals surface area contributed by atoms with Crippen LogP contribution in [0, 0.1) is 5.82 Å². The van der Waals surface area contributed by atoms with Gasteiger partial charge in [-0.05, 0) is 66.9 Å². The molecule has 202 valence electrons. The average molecular weight is 542 g/mol. The summed E-state index contributed by atoms with van der Waals surface area (Å²) in [5, 5.41) is 2.59. The van der Waals surface area contributed by atoms with Crippen molar-refractivity contribution in [3.63, 3.8) is 0 Å². The second-order valence-corrected chi connectivity index (χ2v) is 10.4. The highest BCUT2D eigenvalue weighted by atomic mass is 32.2. The first-order valence-corrected chi connectivity index (χ1v) is 13.6. The summed E-state index contributed by atoms with van der Waals surface area (Å²) in [5.74, 6) is -0.980. The lowest BCUT2D eigenvalue weighted by molar-refractivity contribution is -0.139. The van der Waals surface area contributed by atoms with Gasteiger partial charge < -0.3 is 15.0 Å². The van der Waals surface area contributed by atoms with Crippen molar-refractivity contribution in [3.8, 4) is 5.75 Å². The number of nitrogens with one attached hydrogen (secondary N) is 1. The Morgan fingerprint density at radius 3 is 2.16 bits per heavy atom. The number of carbonyl (C=O) groups is 2. The Labute approximate surface area is 223 Å². The molecule has 1 N–H and O–H groups in total. The second kappa shape index (κ2) is 13.0. The van der Waals surface area contributed by atoms with Crippen molar-refractivity contribution >= 4 is 27.5 Å². The molecule has 2 amide bonds. The first-order valence-electron chi connectivity index (χ1n) is 12.2. The minimum absolute atomic E-state index is 0.0652. The van der Waals surface area contributed by atoms with Gasteiger partial charge in [0.2, 0.25) is 11.8 Å². The van der Waals surface area contributed by atoms with E-state index in [1.807, 2.05) is 30.3 Å². The van der Waals surface area contributed by atoms with Crippen molar-refractivity contribution < 1.29 is 27.1 Å². The van der Waals surface area contributed by atoms with Gasteiger partial charge in [0.15, 0.2) is 0 Å². The van der Waals surface area contributed by atoms with Crippen LogP contribution in [0.5, 0.6) is 5.75 Å². The maximum absolute atomic E-state index is 13.8. The SMILES string of the molecule is CC[C@@H](C(=O)NC)N(CCc1ccccc1)C(=O)CN(c1ccc(F)cc1)S(=O)(=O)c1ccc(OC)cc1. The molecule has 0 radical (unpaired) electrons. The van der Waals surface area contributed by atoms with Crippen LogP contribution >= 0.6 is 0 Å². The van der Waals surface area contributed by atoms with Crippen LogP contribution in [0.4, 0.5) is 10.1 Å². The summed E-state index contributed by atoms with van der Waals surface area (Å²) in [6.45, 7) is 1.41. The van der Waals surface area contributed by atoms with Crippen LogP contribution in [0.15, 0.2) is 83.8 Å². The molecule has 38 heavy (non-hydrogen) atoms. The van der Waals surface area contributed by atoms with Crippen LogP contribution in [-0.2, 0) is 26.0 Å². The van der Waals surface area contributed by atoms with E-state index in [4.69, 9.17) is 4.74 Å². The maximum atomic E-state index is 13.8. The molecule has 0 unspecified atom stereocenters. The van der Waals surface area contributed by atoms with Crippen molar-refractivity contribution in [2.24, 2.45) is 0 Å². The fraction of sp³-hybridized carbons (Fsp3) is 0.286. The highest BCUT2D eigenvalue weighted by Gasteiger charge is 2.33. The molecule has 0 saturated carbocycles. The summed E-state index contributed by atoms with van der Waals surface area (Å²) in [7, 11) is -1.28. The standard InChI is InChI=1S/C28H32FN3O5S/c1-4-26(28(34)30-2)31(19-18-21-8-6-5-7-9-21)27(33)20-32(23-12-10-22(29)11-13-23)38(35,36)25-16-14-24(37-3)15-17-25/h5-17,26H,4,18-20H2,1-3H3,(H,30,34)/t26-/m0/s1. The van der Waals surface area contributed by atoms with Crippen LogP contribution in [0.25, 0.3) is 0 Å². The number of methoxy groups -OCH3 is 1. The first-order chi connectivity index (χ1) is 18.2. The molecule has 0 aliphatic heterocycles. The topological polar surface area (TPSA) is 96.0 Å². The largest absolute Gasteiger partial charge is 0.497 e. The molecule has 0 fully saturated rings. The number of benzene rings is 3. The predicted molar refractivity (Wildman–Crippen MR) is 144 cm³/mol. The fourth-order valence-electron chi connectivity index (χ4n) is 4.07. The third-order valence-electron chi connectivity index (χ3n) is 6.16. The molecule has 0 aliphatic rings. The maximum Gasteiger partial charge on any atom is 0.264 e. The van der Waals surface area contributed by atoms with Crippen molar-refractivity contribution in [3.05, 3.63) is 90.2 Å². The average Bonchev–Trinajstić information content (AvgIpc) is 2.94. The molecule has 0 aromatic heterocycles. The van der Waals surface area contributed by atoms with Crippen LogP contribution in [0.1, 0.15) is 18.9 Å². The lowest BCUT2D eigenvalue weighted by atomic mass is 10.1. The van der Waals surface area contributed by atoms with Gasteiger partial charge in [-0.3, -0.25) is 13.9 Å². The van der Waals surface area contributed by atoms with Gasteiger partial charge in [-0.2, -0.15) is 0 Å². The van der Waals surface area contributed by atoms with Crippen molar-refractivity contribution in [1.29, 1.82) is 0 Å². The summed E-state index contributed by atoms with van der Waals surface area (Å²) in [6, 6.07) is 19.3. The second-order valence-electron chi connectivity index (χ2n) is 8.52. The van der Waals surface area contributed by atoms with Crippen LogP contribution in [-0.4, -0.2) is 58.4 Å². The number of ether oxygens (including phenoxy) is 1. The molecule has 0 heterocycles. The lowest BCUT2D eigenvalue weighted by Gasteiger charge is -2.33. The molecule has 3 rings (SSSR count). The van der Waals surface area contributed by atoms with Gasteiger partial charge in [0, 0.05) is 13.6 Å². The summed E-state index contributed by atoms with van der Waals surface area (Å²) in [4.78, 5) is 27.8. The Morgan fingerprint density at radius 1 is 0.974 bits per heavy atom. The van der Waals surface area contributed by atoms with E-state index in [1.165, 1.54) is 55.5 Å². The van der Waals surface area contributed by atoms with E-state index in [1.54, 1.807) is 6.92 Å². The molecule has 8 nitrogen and oxygen atoms in total. The Balaban J connectivity index is 1.99. The Hall–Kier alpha value is -3.92. The molecule has 0 spiro atoms. The van der Waals surface area contributed by atoms with E-state index in [-0.39, 0.29) is 23.0 Å². The van der Waals surface area contributed by atoms with Crippen molar-refractivity contribution in [2.75, 3.05) is 31.6 Å². The molecule has 0 bridgehead atoms. The zero-order chi connectivity index (χ0) is 27.7.